The van der Waals surface area contributed by atoms with Crippen LogP contribution in [0.3, 0.4) is 0 Å². The first-order valence-corrected chi connectivity index (χ1v) is 9.34. The number of ether oxygens (including phenoxy) is 1. The van der Waals surface area contributed by atoms with Gasteiger partial charge in [-0.15, -0.1) is 0 Å². The van der Waals surface area contributed by atoms with Crippen LogP contribution in [-0.4, -0.2) is 50.8 Å². The predicted octanol–water partition coefficient (Wildman–Crippen LogP) is 1.92. The van der Waals surface area contributed by atoms with Crippen molar-refractivity contribution in [3.63, 3.8) is 0 Å². The van der Waals surface area contributed by atoms with E-state index in [0.29, 0.717) is 16.8 Å². The van der Waals surface area contributed by atoms with Gasteiger partial charge >= 0.3 is 5.97 Å². The molecule has 11 heteroatoms. The second kappa shape index (κ2) is 8.21. The predicted molar refractivity (Wildman–Crippen MR) is 103 cm³/mol. The van der Waals surface area contributed by atoms with E-state index in [2.05, 4.69) is 19.9 Å². The average molecular weight is 403 g/mol. The zero-order valence-electron chi connectivity index (χ0n) is 15.5. The summed E-state index contributed by atoms with van der Waals surface area (Å²) in [5.74, 6) is -0.377. The van der Waals surface area contributed by atoms with Crippen LogP contribution >= 0.6 is 11.8 Å². The van der Waals surface area contributed by atoms with Crippen LogP contribution in [0.2, 0.25) is 0 Å². The second-order valence-corrected chi connectivity index (χ2v) is 6.60. The molecule has 0 saturated carbocycles. The summed E-state index contributed by atoms with van der Waals surface area (Å²) in [6.07, 6.45) is 3.23. The minimum Gasteiger partial charge on any atom is -0.453 e. The number of rotatable bonds is 6. The molecule has 3 rings (SSSR count). The number of hydrogen-bond donors (Lipinski definition) is 1. The van der Waals surface area contributed by atoms with E-state index >= 15 is 0 Å². The Balaban J connectivity index is 1.84. The van der Waals surface area contributed by atoms with Crippen molar-refractivity contribution in [3.8, 4) is 5.69 Å². The maximum Gasteiger partial charge on any atom is 0.357 e. The molecule has 0 spiro atoms. The van der Waals surface area contributed by atoms with Crippen molar-refractivity contribution >= 4 is 29.6 Å². The molecule has 0 amide bonds. The number of carbonyl (C=O) groups excluding carboxylic acids is 1. The minimum absolute atomic E-state index is 0.0331. The largest absolute Gasteiger partial charge is 0.453 e. The van der Waals surface area contributed by atoms with Gasteiger partial charge in [0.25, 0.3) is 0 Å². The van der Waals surface area contributed by atoms with E-state index in [1.54, 1.807) is 35.7 Å². The average Bonchev–Trinajstić information content (AvgIpc) is 3.10. The van der Waals surface area contributed by atoms with E-state index in [1.165, 1.54) is 30.1 Å². The highest BCUT2D eigenvalue weighted by molar-refractivity contribution is 7.98. The van der Waals surface area contributed by atoms with Gasteiger partial charge in [-0.1, -0.05) is 11.8 Å². The molecule has 2 N–H and O–H groups in total. The van der Waals surface area contributed by atoms with Crippen molar-refractivity contribution in [2.75, 3.05) is 31.0 Å². The first-order chi connectivity index (χ1) is 13.4. The molecule has 0 radical (unpaired) electrons. The summed E-state index contributed by atoms with van der Waals surface area (Å²) in [6, 6.07) is 5.74. The summed E-state index contributed by atoms with van der Waals surface area (Å²) in [4.78, 5) is 30.7. The molecule has 3 aromatic rings. The fourth-order valence-corrected chi connectivity index (χ4v) is 2.90. The van der Waals surface area contributed by atoms with Crippen LogP contribution in [0.4, 0.5) is 16.3 Å². The van der Waals surface area contributed by atoms with Crippen LogP contribution in [0.15, 0.2) is 35.6 Å². The van der Waals surface area contributed by atoms with Gasteiger partial charge in [0.1, 0.15) is 5.82 Å². The number of nitrogens with two attached hydrogens (primary N) is 1. The van der Waals surface area contributed by atoms with Gasteiger partial charge in [-0.25, -0.2) is 14.2 Å². The van der Waals surface area contributed by atoms with Gasteiger partial charge in [0.15, 0.2) is 23.3 Å². The molecule has 9 nitrogen and oxygen atoms in total. The number of aromatic nitrogens is 5. The number of hydrogen-bond acceptors (Lipinski definition) is 9. The molecule has 0 unspecified atom stereocenters. The SMILES string of the molecule is CSc1ncc(C(=O)OCc2nc(N)nc(N(C)C)n2)n1-c1ccc(F)cc1. The minimum atomic E-state index is -0.623. The van der Waals surface area contributed by atoms with Crippen LogP contribution in [0.25, 0.3) is 5.69 Å². The molecule has 0 aliphatic carbocycles. The van der Waals surface area contributed by atoms with Crippen LogP contribution in [0, 0.1) is 5.82 Å². The smallest absolute Gasteiger partial charge is 0.357 e. The highest BCUT2D eigenvalue weighted by Gasteiger charge is 2.20. The van der Waals surface area contributed by atoms with Crippen molar-refractivity contribution in [2.45, 2.75) is 11.8 Å². The lowest BCUT2D eigenvalue weighted by atomic mass is 10.3. The van der Waals surface area contributed by atoms with Crippen LogP contribution < -0.4 is 10.6 Å². The topological polar surface area (TPSA) is 112 Å². The molecule has 0 bridgehead atoms. The summed E-state index contributed by atoms with van der Waals surface area (Å²) >= 11 is 1.35. The van der Waals surface area contributed by atoms with Crippen molar-refractivity contribution in [2.24, 2.45) is 0 Å². The molecular weight excluding hydrogens is 385 g/mol. The number of nitrogens with zero attached hydrogens (tertiary/aromatic N) is 6. The van der Waals surface area contributed by atoms with E-state index in [-0.39, 0.29) is 29.9 Å². The molecule has 0 aliphatic rings. The van der Waals surface area contributed by atoms with E-state index in [0.717, 1.165) is 0 Å². The molecule has 0 fully saturated rings. The van der Waals surface area contributed by atoms with E-state index in [4.69, 9.17) is 10.5 Å². The molecule has 0 atom stereocenters. The molecule has 2 aromatic heterocycles. The van der Waals surface area contributed by atoms with Gasteiger partial charge in [-0.3, -0.25) is 4.57 Å². The highest BCUT2D eigenvalue weighted by atomic mass is 32.2. The van der Waals surface area contributed by atoms with Crippen molar-refractivity contribution in [1.82, 2.24) is 24.5 Å². The van der Waals surface area contributed by atoms with Gasteiger partial charge in [0.2, 0.25) is 11.9 Å². The summed E-state index contributed by atoms with van der Waals surface area (Å²) in [6.45, 7) is -0.185. The monoisotopic (exact) mass is 403 g/mol. The molecule has 2 heterocycles. The number of nitrogen functional groups attached to an aromatic ring is 1. The zero-order chi connectivity index (χ0) is 20.3. The number of thioether (sulfide) groups is 1. The lowest BCUT2D eigenvalue weighted by Crippen LogP contribution is -2.17. The van der Waals surface area contributed by atoms with Gasteiger partial charge in [-0.05, 0) is 30.5 Å². The van der Waals surface area contributed by atoms with Crippen molar-refractivity contribution in [1.29, 1.82) is 0 Å². The number of carbonyl (C=O) groups is 1. The molecule has 1 aromatic carbocycles. The fraction of sp³-hybridized carbons (Fsp3) is 0.235. The Hall–Kier alpha value is -3.21. The third-order valence-corrected chi connectivity index (χ3v) is 4.28. The van der Waals surface area contributed by atoms with Crippen LogP contribution in [0.1, 0.15) is 16.3 Å². The van der Waals surface area contributed by atoms with Gasteiger partial charge in [0.05, 0.1) is 6.20 Å². The quantitative estimate of drug-likeness (QED) is 0.487. The Morgan fingerprint density at radius 2 is 1.96 bits per heavy atom. The number of anilines is 2. The zero-order valence-corrected chi connectivity index (χ0v) is 16.3. The van der Waals surface area contributed by atoms with Crippen molar-refractivity contribution < 1.29 is 13.9 Å². The maximum atomic E-state index is 13.2. The Bertz CT molecular complexity index is 992. The third-order valence-electron chi connectivity index (χ3n) is 3.63. The van der Waals surface area contributed by atoms with Gasteiger partial charge in [-0.2, -0.15) is 15.0 Å². The summed E-state index contributed by atoms with van der Waals surface area (Å²) in [5, 5.41) is 0.567. The standard InChI is InChI=1S/C17H18FN7O2S/c1-24(2)16-22-13(21-15(19)23-16)9-27-14(26)12-8-20-17(28-3)25(12)11-6-4-10(18)5-7-11/h4-8H,9H2,1-3H3,(H2,19,21,22,23). The van der Waals surface area contributed by atoms with Crippen LogP contribution in [0.5, 0.6) is 0 Å². The van der Waals surface area contributed by atoms with Crippen molar-refractivity contribution in [3.05, 3.63) is 47.8 Å². The number of imidazole rings is 1. The Kier molecular flexibility index (Phi) is 5.73. The molecular formula is C17H18FN7O2S. The van der Waals surface area contributed by atoms with Crippen LogP contribution in [-0.2, 0) is 11.3 Å². The Morgan fingerprint density at radius 3 is 2.61 bits per heavy atom. The molecule has 28 heavy (non-hydrogen) atoms. The summed E-state index contributed by atoms with van der Waals surface area (Å²) in [5.41, 5.74) is 6.46. The lowest BCUT2D eigenvalue weighted by Gasteiger charge is -2.12. The van der Waals surface area contributed by atoms with Gasteiger partial charge < -0.3 is 15.4 Å². The molecule has 146 valence electrons. The first-order valence-electron chi connectivity index (χ1n) is 8.11. The normalized spacial score (nSPS) is 10.7. The van der Waals surface area contributed by atoms with E-state index in [1.807, 2.05) is 6.26 Å². The number of esters is 1. The Labute approximate surface area is 164 Å². The first kappa shape index (κ1) is 19.5. The molecule has 0 aliphatic heterocycles. The number of halogens is 1. The highest BCUT2D eigenvalue weighted by Crippen LogP contribution is 2.22. The summed E-state index contributed by atoms with van der Waals surface area (Å²) < 4.78 is 20.2. The van der Waals surface area contributed by atoms with E-state index < -0.39 is 5.97 Å². The summed E-state index contributed by atoms with van der Waals surface area (Å²) in [7, 11) is 3.52. The fourth-order valence-electron chi connectivity index (χ4n) is 2.36. The molecule has 0 saturated heterocycles. The second-order valence-electron chi connectivity index (χ2n) is 5.82. The lowest BCUT2D eigenvalue weighted by molar-refractivity contribution is 0.0452. The third kappa shape index (κ3) is 4.19. The number of benzene rings is 1. The maximum absolute atomic E-state index is 13.2. The van der Waals surface area contributed by atoms with Gasteiger partial charge in [0, 0.05) is 19.8 Å². The Morgan fingerprint density at radius 1 is 1.25 bits per heavy atom. The van der Waals surface area contributed by atoms with E-state index in [9.17, 15) is 9.18 Å².